The second kappa shape index (κ2) is 41.1. The first kappa shape index (κ1) is 86.8. The number of hydrogen-bond acceptors (Lipinski definition) is 30. The van der Waals surface area contributed by atoms with Crippen molar-refractivity contribution in [3.63, 3.8) is 0 Å². The van der Waals surface area contributed by atoms with E-state index in [4.69, 9.17) is 71.8 Å². The number of nitrogens with zero attached hydrogens (tertiary/aromatic N) is 7. The number of aliphatic hydroxyl groups excluding tert-OH is 8. The molecule has 37 nitrogen and oxygen atoms in total. The number of anilines is 2. The number of azide groups is 1. The van der Waals surface area contributed by atoms with Gasteiger partial charge in [-0.2, -0.15) is 0 Å². The summed E-state index contributed by atoms with van der Waals surface area (Å²) in [7, 11) is 4.28. The number of carbonyl (C=O) groups excluding carboxylic acids is 7. The van der Waals surface area contributed by atoms with Crippen molar-refractivity contribution in [3.8, 4) is 28.7 Å². The Bertz CT molecular complexity index is 4140. The summed E-state index contributed by atoms with van der Waals surface area (Å²) in [4.78, 5) is 107. The van der Waals surface area contributed by atoms with Gasteiger partial charge < -0.3 is 122 Å². The predicted octanol–water partition coefficient (Wildman–Crippen LogP) is 3.43. The number of methoxy groups -OCH3 is 3. The van der Waals surface area contributed by atoms with Crippen LogP contribution >= 0.6 is 0 Å². The van der Waals surface area contributed by atoms with E-state index >= 15 is 0 Å². The lowest BCUT2D eigenvalue weighted by molar-refractivity contribution is -0.242. The molecule has 4 aromatic rings. The zero-order valence-electron chi connectivity index (χ0n) is 63.7. The summed E-state index contributed by atoms with van der Waals surface area (Å²) in [6.07, 6.45) is -17.1. The SMILES string of the molecule is C=C1C[C@H]2C(O)N(C(=O)OCc3ccc(O[C@@H]4OC[C@@H](O)[C@H](O)[C@H]4O)c(C(=O)CCCOC)c3)c3cc(OCCC(CCOc4cc5c(cc4OC)C(=O)N4CC(=C)C[C@H]4C(O)N5C(=O)OCc4ccc(O[C@@H]5OC[C@@H](O)[C@H](O)[C@H]5O)c(C(=O)CCCOC)c4)NC(=O)COCCOCCOCCN=[N+]=[N-])c(C)cc3C(=O)N2C1. The van der Waals surface area contributed by atoms with Gasteiger partial charge in [0.05, 0.1) is 112 Å². The number of benzene rings is 4. The second-order valence-electron chi connectivity index (χ2n) is 27.9. The molecule has 6 aliphatic heterocycles. The van der Waals surface area contributed by atoms with Gasteiger partial charge >= 0.3 is 12.2 Å². The molecule has 6 heterocycles. The van der Waals surface area contributed by atoms with Crippen LogP contribution in [0.4, 0.5) is 21.0 Å². The van der Waals surface area contributed by atoms with Crippen molar-refractivity contribution >= 4 is 52.8 Å². The van der Waals surface area contributed by atoms with Gasteiger partial charge in [-0.3, -0.25) is 24.0 Å². The molecule has 0 aliphatic carbocycles. The molecule has 5 amide bonds. The van der Waals surface area contributed by atoms with Crippen molar-refractivity contribution in [3.05, 3.63) is 134 Å². The number of aliphatic hydroxyl groups is 8. The highest BCUT2D eigenvalue weighted by molar-refractivity contribution is 6.07. The lowest BCUT2D eigenvalue weighted by Crippen LogP contribution is -2.54. The van der Waals surface area contributed by atoms with E-state index in [1.807, 2.05) is 0 Å². The fourth-order valence-electron chi connectivity index (χ4n) is 13.8. The van der Waals surface area contributed by atoms with Crippen molar-refractivity contribution < 1.29 is 141 Å². The first-order chi connectivity index (χ1) is 54.8. The van der Waals surface area contributed by atoms with Crippen molar-refractivity contribution in [1.82, 2.24) is 15.1 Å². The van der Waals surface area contributed by atoms with E-state index in [1.54, 1.807) is 6.92 Å². The van der Waals surface area contributed by atoms with Crippen molar-refractivity contribution in [2.45, 2.75) is 151 Å². The Morgan fingerprint density at radius 3 is 1.53 bits per heavy atom. The number of carbonyl (C=O) groups is 7. The third-order valence-corrected chi connectivity index (χ3v) is 19.8. The molecular weight excluding hydrogens is 1500 g/mol. The molecule has 3 unspecified atom stereocenters. The molecule has 0 spiro atoms. The Morgan fingerprint density at radius 1 is 0.579 bits per heavy atom. The minimum absolute atomic E-state index is 0.00338. The zero-order valence-corrected chi connectivity index (χ0v) is 63.7. The first-order valence-corrected chi connectivity index (χ1v) is 37.2. The van der Waals surface area contributed by atoms with Crippen LogP contribution in [0.3, 0.4) is 0 Å². The van der Waals surface area contributed by atoms with Gasteiger partial charge in [0.1, 0.15) is 73.7 Å². The highest BCUT2D eigenvalue weighted by Crippen LogP contribution is 2.44. The van der Waals surface area contributed by atoms with Gasteiger partial charge in [0, 0.05) is 95.8 Å². The Labute approximate surface area is 655 Å². The Kier molecular flexibility index (Phi) is 31.3. The number of amides is 5. The monoisotopic (exact) mass is 1600 g/mol. The van der Waals surface area contributed by atoms with Crippen LogP contribution in [0.15, 0.2) is 90.1 Å². The van der Waals surface area contributed by atoms with E-state index in [-0.39, 0.29) is 204 Å². The van der Waals surface area contributed by atoms with Gasteiger partial charge in [-0.15, -0.1) is 0 Å². The summed E-state index contributed by atoms with van der Waals surface area (Å²) >= 11 is 0. The quantitative estimate of drug-likeness (QED) is 0.00771. The summed E-state index contributed by atoms with van der Waals surface area (Å²) in [5.74, 6) is -2.46. The molecule has 37 heteroatoms. The maximum atomic E-state index is 14.7. The molecule has 13 atom stereocenters. The molecule has 0 radical (unpaired) electrons. The zero-order chi connectivity index (χ0) is 81.9. The van der Waals surface area contributed by atoms with E-state index < -0.39 is 141 Å². The molecule has 4 fully saturated rings. The molecule has 4 saturated heterocycles. The number of ether oxygens (including phenoxy) is 14. The minimum atomic E-state index is -1.74. The van der Waals surface area contributed by atoms with E-state index in [2.05, 4.69) is 28.5 Å². The molecule has 0 bridgehead atoms. The molecule has 4 aromatic carbocycles. The van der Waals surface area contributed by atoms with Gasteiger partial charge in [-0.25, -0.2) is 19.4 Å². The van der Waals surface area contributed by atoms with Crippen LogP contribution in [0.2, 0.25) is 0 Å². The summed E-state index contributed by atoms with van der Waals surface area (Å²) in [5.41, 5.74) is 10.4. The number of ketones is 2. The van der Waals surface area contributed by atoms with Crippen LogP contribution < -0.4 is 38.8 Å². The third-order valence-electron chi connectivity index (χ3n) is 19.8. The van der Waals surface area contributed by atoms with Crippen LogP contribution in [0, 0.1) is 6.92 Å². The number of Topliss-reactive ketones (excluding diaryl/α,β-unsaturated/α-hetero) is 2. The number of rotatable bonds is 39. The summed E-state index contributed by atoms with van der Waals surface area (Å²) in [5, 5.41) is 93.1. The van der Waals surface area contributed by atoms with Crippen LogP contribution in [0.5, 0.6) is 28.7 Å². The number of aryl methyl sites for hydroxylation is 1. The Morgan fingerprint density at radius 2 is 1.04 bits per heavy atom. The lowest BCUT2D eigenvalue weighted by atomic mass is 10.0. The molecule has 0 aromatic heterocycles. The largest absolute Gasteiger partial charge is 0.493 e. The molecule has 0 saturated carbocycles. The average molecular weight is 1600 g/mol. The van der Waals surface area contributed by atoms with Crippen LogP contribution in [-0.4, -0.2) is 292 Å². The van der Waals surface area contributed by atoms with E-state index in [1.165, 1.54) is 91.8 Å². The fourth-order valence-corrected chi connectivity index (χ4v) is 13.8. The second-order valence-corrected chi connectivity index (χ2v) is 27.9. The molecule has 114 heavy (non-hydrogen) atoms. The highest BCUT2D eigenvalue weighted by atomic mass is 16.7. The molecule has 6 aliphatic rings. The normalized spacial score (nSPS) is 23.4. The highest BCUT2D eigenvalue weighted by Gasteiger charge is 2.49. The average Bonchev–Trinajstić information content (AvgIpc) is 1.62. The lowest BCUT2D eigenvalue weighted by Gasteiger charge is -2.35. The van der Waals surface area contributed by atoms with Crippen molar-refractivity contribution in [2.75, 3.05) is 130 Å². The number of nitrogens with one attached hydrogen (secondary N) is 1. The maximum Gasteiger partial charge on any atom is 0.416 e. The van der Waals surface area contributed by atoms with E-state index in [0.717, 1.165) is 9.80 Å². The van der Waals surface area contributed by atoms with Crippen molar-refractivity contribution in [2.24, 2.45) is 5.11 Å². The summed E-state index contributed by atoms with van der Waals surface area (Å²) < 4.78 is 80.0. The number of fused-ring (bicyclic) bond motifs is 4. The Hall–Kier alpha value is -9.64. The van der Waals surface area contributed by atoms with Gasteiger partial charge in [0.25, 0.3) is 11.8 Å². The van der Waals surface area contributed by atoms with E-state index in [0.29, 0.717) is 29.6 Å². The van der Waals surface area contributed by atoms with Crippen LogP contribution in [0.25, 0.3) is 10.4 Å². The topological polar surface area (TPSA) is 484 Å². The maximum absolute atomic E-state index is 14.7. The minimum Gasteiger partial charge on any atom is -0.493 e. The smallest absolute Gasteiger partial charge is 0.416 e. The van der Waals surface area contributed by atoms with Gasteiger partial charge in [-0.05, 0) is 91.2 Å². The van der Waals surface area contributed by atoms with E-state index in [9.17, 15) is 74.4 Å². The first-order valence-electron chi connectivity index (χ1n) is 37.2. The summed E-state index contributed by atoms with van der Waals surface area (Å²) in [6.45, 7) is 8.75. The number of hydrogen-bond donors (Lipinski definition) is 9. The Balaban J connectivity index is 0.877. The van der Waals surface area contributed by atoms with Crippen LogP contribution in [-0.2, 0) is 60.6 Å². The third kappa shape index (κ3) is 21.5. The molecule has 10 rings (SSSR count). The molecule has 620 valence electrons. The molecule has 9 N–H and O–H groups in total. The fraction of sp³-hybridized carbons (Fsp3) is 0.545. The van der Waals surface area contributed by atoms with Crippen molar-refractivity contribution in [1.29, 1.82) is 0 Å². The van der Waals surface area contributed by atoms with Gasteiger partial charge in [-0.1, -0.05) is 41.6 Å². The summed E-state index contributed by atoms with van der Waals surface area (Å²) in [6, 6.07) is 11.4. The standard InChI is InChI=1S/C77H98N8O29/c1-42-27-54-72(97)84(76(99)111-37-45-11-13-60(50(30-45)56(86)9-7-18-101-4)113-74-68(93)66(91)58(88)39-109-74)52-33-62(44(3)29-48(52)70(95)82(54)35-42)107-20-15-47(80-65(90)41-106-26-25-105-24-23-104-22-17-79-81-78)16-21-108-64-34-53-49(32-63(64)103-6)71(96)83-36-43(2)28-55(83)73(98)85(53)77(100)112-38-46-12-14-61(51(31-46)57(87)10-8-19-102-5)114-75-69(94)67(92)59(89)40-110-75/h11-14,29-34,47,54-55,58-59,66-69,72-75,88-89,91-94,97-98H,1-2,7-10,15-28,35-41H2,3-6H3,(H,80,90)/t47?,54-,55-,58+,59+,66-,67-,68+,69+,72?,73?,74-,75-/m0/s1. The van der Waals surface area contributed by atoms with Gasteiger partial charge in [0.15, 0.2) is 35.5 Å². The van der Waals surface area contributed by atoms with Crippen LogP contribution in [0.1, 0.15) is 109 Å². The van der Waals surface area contributed by atoms with Gasteiger partial charge in [0.2, 0.25) is 18.5 Å². The predicted molar refractivity (Wildman–Crippen MR) is 398 cm³/mol. The molecular formula is C77H98N8O29.